The lowest BCUT2D eigenvalue weighted by molar-refractivity contribution is -0.132. The molecule has 3 heterocycles. The Morgan fingerprint density at radius 3 is 2.53 bits per heavy atom. The molecule has 2 atom stereocenters. The predicted molar refractivity (Wildman–Crippen MR) is 136 cm³/mol. The van der Waals surface area contributed by atoms with E-state index in [1.165, 1.54) is 12.5 Å². The van der Waals surface area contributed by atoms with Crippen LogP contribution in [0.25, 0.3) is 0 Å². The molecule has 1 aromatic carbocycles. The number of likely N-dealkylation sites (tertiary alicyclic amines) is 1. The average Bonchev–Trinajstić information content (AvgIpc) is 3.66. The van der Waals surface area contributed by atoms with E-state index < -0.39 is 5.82 Å². The largest absolute Gasteiger partial charge is 0.493 e. The quantitative estimate of drug-likeness (QED) is 0.568. The van der Waals surface area contributed by atoms with E-state index in [2.05, 4.69) is 14.9 Å². The third-order valence-corrected chi connectivity index (χ3v) is 8.15. The van der Waals surface area contributed by atoms with E-state index in [1.807, 2.05) is 0 Å². The maximum Gasteiger partial charge on any atom is 0.227 e. The van der Waals surface area contributed by atoms with Gasteiger partial charge in [-0.05, 0) is 67.9 Å². The van der Waals surface area contributed by atoms with Gasteiger partial charge in [0, 0.05) is 32.2 Å². The lowest BCUT2D eigenvalue weighted by Gasteiger charge is -2.32. The lowest BCUT2D eigenvalue weighted by Crippen LogP contribution is -2.40. The molecule has 1 amide bonds. The molecule has 2 aromatic rings. The minimum atomic E-state index is -0.404. The van der Waals surface area contributed by atoms with E-state index in [4.69, 9.17) is 16.3 Å². The zero-order chi connectivity index (χ0) is 25.1. The van der Waals surface area contributed by atoms with Gasteiger partial charge in [-0.2, -0.15) is 0 Å². The molecule has 0 spiro atoms. The number of rotatable bonds is 8. The van der Waals surface area contributed by atoms with Crippen molar-refractivity contribution in [3.8, 4) is 5.75 Å². The second-order valence-corrected chi connectivity index (χ2v) is 10.8. The molecule has 194 valence electrons. The number of carbonyl (C=O) groups excluding carboxylic acids is 1. The minimum Gasteiger partial charge on any atom is -0.493 e. The zero-order valence-corrected chi connectivity index (χ0v) is 21.2. The summed E-state index contributed by atoms with van der Waals surface area (Å²) >= 11 is 5.89. The summed E-state index contributed by atoms with van der Waals surface area (Å²) in [7, 11) is 0. The minimum absolute atomic E-state index is 0.0366. The molecule has 1 N–H and O–H groups in total. The van der Waals surface area contributed by atoms with Crippen molar-refractivity contribution >= 4 is 23.5 Å². The van der Waals surface area contributed by atoms with Crippen LogP contribution in [0.1, 0.15) is 44.1 Å². The van der Waals surface area contributed by atoms with Gasteiger partial charge in [-0.1, -0.05) is 17.7 Å². The van der Waals surface area contributed by atoms with Crippen LogP contribution in [0.5, 0.6) is 5.75 Å². The number of benzene rings is 1. The fraction of sp³-hybridized carbons (Fsp3) is 0.593. The van der Waals surface area contributed by atoms with Crippen LogP contribution in [-0.4, -0.2) is 64.8 Å². The monoisotopic (exact) mass is 516 g/mol. The van der Waals surface area contributed by atoms with Crippen molar-refractivity contribution in [3.63, 3.8) is 0 Å². The molecule has 2 saturated heterocycles. The summed E-state index contributed by atoms with van der Waals surface area (Å²) in [5.74, 6) is 2.93. The van der Waals surface area contributed by atoms with E-state index in [0.29, 0.717) is 54.8 Å². The maximum atomic E-state index is 14.6. The number of aliphatic hydroxyl groups is 1. The van der Waals surface area contributed by atoms with Crippen molar-refractivity contribution in [1.82, 2.24) is 14.9 Å². The van der Waals surface area contributed by atoms with Crippen molar-refractivity contribution in [3.05, 3.63) is 47.0 Å². The number of halogens is 2. The summed E-state index contributed by atoms with van der Waals surface area (Å²) < 4.78 is 20.5. The van der Waals surface area contributed by atoms with Crippen LogP contribution >= 0.6 is 11.6 Å². The van der Waals surface area contributed by atoms with Crippen LogP contribution in [-0.2, 0) is 11.2 Å². The molecule has 2 unspecified atom stereocenters. The Labute approximate surface area is 216 Å². The highest BCUT2D eigenvalue weighted by Gasteiger charge is 2.43. The number of hydrogen-bond donors (Lipinski definition) is 1. The molecule has 7 nitrogen and oxygen atoms in total. The normalized spacial score (nSPS) is 23.1. The van der Waals surface area contributed by atoms with Gasteiger partial charge in [0.05, 0.1) is 36.5 Å². The maximum absolute atomic E-state index is 14.6. The molecule has 0 bridgehead atoms. The molecule has 3 fully saturated rings. The fourth-order valence-corrected chi connectivity index (χ4v) is 5.75. The first-order valence-electron chi connectivity index (χ1n) is 13.1. The summed E-state index contributed by atoms with van der Waals surface area (Å²) in [4.78, 5) is 25.1. The summed E-state index contributed by atoms with van der Waals surface area (Å²) in [6.07, 6.45) is 8.69. The summed E-state index contributed by atoms with van der Waals surface area (Å²) in [6.45, 7) is 3.58. The second-order valence-electron chi connectivity index (χ2n) is 10.4. The van der Waals surface area contributed by atoms with Gasteiger partial charge < -0.3 is 19.6 Å². The first kappa shape index (κ1) is 25.2. The van der Waals surface area contributed by atoms with Crippen LogP contribution in [0.3, 0.4) is 0 Å². The number of aromatic nitrogens is 2. The molecule has 1 aromatic heterocycles. The highest BCUT2D eigenvalue weighted by atomic mass is 35.5. The number of piperidine rings is 2. The SMILES string of the molecule is O=C(Cc1ccc(OCCC2CC2C2CCN(c3ncc(Cl)cn3)CC2)cc1F)N1CCC(O)CC1. The third kappa shape index (κ3) is 6.27. The Bertz CT molecular complexity index is 1040. The highest BCUT2D eigenvalue weighted by Crippen LogP contribution is 2.49. The van der Waals surface area contributed by atoms with Crippen molar-refractivity contribution < 1.29 is 19.0 Å². The van der Waals surface area contributed by atoms with Gasteiger partial charge in [0.25, 0.3) is 0 Å². The zero-order valence-electron chi connectivity index (χ0n) is 20.5. The number of carbonyl (C=O) groups is 1. The fourth-order valence-electron chi connectivity index (χ4n) is 5.66. The number of anilines is 1. The van der Waals surface area contributed by atoms with Gasteiger partial charge in [0.2, 0.25) is 11.9 Å². The van der Waals surface area contributed by atoms with E-state index in [9.17, 15) is 14.3 Å². The number of amides is 1. The number of nitrogens with zero attached hydrogens (tertiary/aromatic N) is 4. The number of aliphatic hydroxyl groups excluding tert-OH is 1. The van der Waals surface area contributed by atoms with Crippen molar-refractivity contribution in [2.75, 3.05) is 37.7 Å². The van der Waals surface area contributed by atoms with E-state index in [0.717, 1.165) is 50.1 Å². The Morgan fingerprint density at radius 2 is 1.83 bits per heavy atom. The van der Waals surface area contributed by atoms with Crippen LogP contribution in [0.15, 0.2) is 30.6 Å². The van der Waals surface area contributed by atoms with Gasteiger partial charge in [-0.15, -0.1) is 0 Å². The molecule has 1 aliphatic carbocycles. The molecule has 5 rings (SSSR count). The molecular formula is C27H34ClFN4O3. The third-order valence-electron chi connectivity index (χ3n) is 7.95. The van der Waals surface area contributed by atoms with Crippen molar-refractivity contribution in [2.45, 2.75) is 51.0 Å². The lowest BCUT2D eigenvalue weighted by atomic mass is 9.90. The van der Waals surface area contributed by atoms with Crippen LogP contribution < -0.4 is 9.64 Å². The van der Waals surface area contributed by atoms with Gasteiger partial charge in [-0.25, -0.2) is 14.4 Å². The molecule has 9 heteroatoms. The Morgan fingerprint density at radius 1 is 1.11 bits per heavy atom. The summed E-state index contributed by atoms with van der Waals surface area (Å²) in [5, 5.41) is 10.2. The summed E-state index contributed by atoms with van der Waals surface area (Å²) in [6, 6.07) is 4.80. The first-order chi connectivity index (χ1) is 17.5. The smallest absolute Gasteiger partial charge is 0.227 e. The molecule has 36 heavy (non-hydrogen) atoms. The van der Waals surface area contributed by atoms with Gasteiger partial charge in [0.1, 0.15) is 11.6 Å². The van der Waals surface area contributed by atoms with E-state index in [-0.39, 0.29) is 18.4 Å². The Balaban J connectivity index is 1.02. The van der Waals surface area contributed by atoms with Gasteiger partial charge in [-0.3, -0.25) is 4.79 Å². The van der Waals surface area contributed by atoms with Gasteiger partial charge >= 0.3 is 0 Å². The Kier molecular flexibility index (Phi) is 7.91. The molecule has 0 radical (unpaired) electrons. The molecule has 1 saturated carbocycles. The van der Waals surface area contributed by atoms with Crippen molar-refractivity contribution in [2.24, 2.45) is 17.8 Å². The topological polar surface area (TPSA) is 78.8 Å². The molecular weight excluding hydrogens is 483 g/mol. The van der Waals surface area contributed by atoms with E-state index in [1.54, 1.807) is 29.4 Å². The predicted octanol–water partition coefficient (Wildman–Crippen LogP) is 4.12. The molecule has 3 aliphatic rings. The second kappa shape index (κ2) is 11.3. The Hall–Kier alpha value is -2.45. The molecule has 2 aliphatic heterocycles. The van der Waals surface area contributed by atoms with Crippen LogP contribution in [0.2, 0.25) is 5.02 Å². The van der Waals surface area contributed by atoms with Crippen LogP contribution in [0.4, 0.5) is 10.3 Å². The summed E-state index contributed by atoms with van der Waals surface area (Å²) in [5.41, 5.74) is 0.385. The highest BCUT2D eigenvalue weighted by molar-refractivity contribution is 6.30. The number of hydrogen-bond acceptors (Lipinski definition) is 6. The van der Waals surface area contributed by atoms with Gasteiger partial charge in [0.15, 0.2) is 0 Å². The average molecular weight is 517 g/mol. The van der Waals surface area contributed by atoms with Crippen molar-refractivity contribution in [1.29, 1.82) is 0 Å². The first-order valence-corrected chi connectivity index (χ1v) is 13.4. The number of ether oxygens (including phenoxy) is 1. The van der Waals surface area contributed by atoms with E-state index >= 15 is 0 Å². The standard InChI is InChI=1S/C27H34ClFN4O3/c28-21-16-30-27(31-17-21)33-8-3-18(4-9-33)24-13-19(24)7-12-36-23-2-1-20(25(29)15-23)14-26(35)32-10-5-22(34)6-11-32/h1-2,15-19,22,24,34H,3-14H2. The van der Waals surface area contributed by atoms with Crippen LogP contribution in [0, 0.1) is 23.6 Å².